The molecule has 2 heterocycles. The van der Waals surface area contributed by atoms with Gasteiger partial charge in [-0.1, -0.05) is 6.92 Å². The summed E-state index contributed by atoms with van der Waals surface area (Å²) in [6, 6.07) is 0.217. The van der Waals surface area contributed by atoms with E-state index in [4.69, 9.17) is 4.74 Å². The molecule has 0 saturated carbocycles. The molecule has 2 fully saturated rings. The molecule has 2 rings (SSSR count). The molecule has 0 aromatic rings. The first kappa shape index (κ1) is 16.7. The Morgan fingerprint density at radius 3 is 2.84 bits per heavy atom. The average Bonchev–Trinajstić information content (AvgIpc) is 2.76. The maximum atomic E-state index is 12.0. The van der Waals surface area contributed by atoms with E-state index in [0.29, 0.717) is 18.3 Å². The summed E-state index contributed by atoms with van der Waals surface area (Å²) in [5, 5.41) is 6.53. The van der Waals surface area contributed by atoms with Crippen molar-refractivity contribution in [3.8, 4) is 0 Å². The maximum Gasteiger partial charge on any atom is 0.220 e. The molecule has 2 aliphatic heterocycles. The normalized spacial score (nSPS) is 32.4. The van der Waals surface area contributed by atoms with Crippen LogP contribution >= 0.6 is 12.4 Å². The topological polar surface area (TPSA) is 50.4 Å². The molecule has 4 unspecified atom stereocenters. The van der Waals surface area contributed by atoms with Gasteiger partial charge in [-0.25, -0.2) is 0 Å². The fourth-order valence-corrected chi connectivity index (χ4v) is 3.01. The van der Waals surface area contributed by atoms with Crippen LogP contribution < -0.4 is 10.6 Å². The third-order valence-corrected chi connectivity index (χ3v) is 4.37. The van der Waals surface area contributed by atoms with Crippen LogP contribution in [0.15, 0.2) is 0 Å². The Morgan fingerprint density at radius 2 is 2.26 bits per heavy atom. The van der Waals surface area contributed by atoms with Crippen molar-refractivity contribution >= 4 is 18.3 Å². The number of carbonyl (C=O) groups is 1. The number of rotatable bonds is 4. The van der Waals surface area contributed by atoms with Crippen LogP contribution in [-0.2, 0) is 9.53 Å². The number of hydrogen-bond donors (Lipinski definition) is 2. The van der Waals surface area contributed by atoms with Crippen molar-refractivity contribution in [1.29, 1.82) is 0 Å². The van der Waals surface area contributed by atoms with Crippen molar-refractivity contribution in [2.24, 2.45) is 11.8 Å². The van der Waals surface area contributed by atoms with Crippen molar-refractivity contribution in [3.05, 3.63) is 0 Å². The van der Waals surface area contributed by atoms with Crippen molar-refractivity contribution in [2.75, 3.05) is 19.7 Å². The molecule has 19 heavy (non-hydrogen) atoms. The van der Waals surface area contributed by atoms with Crippen molar-refractivity contribution in [2.45, 2.75) is 51.7 Å². The standard InChI is InChI=1S/C14H26N2O2.ClH/c1-10(12-4-3-6-15-9-12)8-14(17)16-13-5-7-18-11(13)2;/h10-13,15H,3-9H2,1-2H3,(H,16,17);1H. The fourth-order valence-electron chi connectivity index (χ4n) is 3.01. The monoisotopic (exact) mass is 290 g/mol. The Kier molecular flexibility index (Phi) is 7.11. The average molecular weight is 291 g/mol. The van der Waals surface area contributed by atoms with E-state index in [0.717, 1.165) is 26.1 Å². The third-order valence-electron chi connectivity index (χ3n) is 4.37. The first-order valence-electron chi connectivity index (χ1n) is 7.28. The van der Waals surface area contributed by atoms with Crippen LogP contribution in [0.5, 0.6) is 0 Å². The van der Waals surface area contributed by atoms with E-state index in [-0.39, 0.29) is 30.5 Å². The Hall–Kier alpha value is -0.320. The van der Waals surface area contributed by atoms with Crippen molar-refractivity contribution in [3.63, 3.8) is 0 Å². The quantitative estimate of drug-likeness (QED) is 0.829. The Morgan fingerprint density at radius 1 is 1.47 bits per heavy atom. The molecule has 2 saturated heterocycles. The van der Waals surface area contributed by atoms with Gasteiger partial charge in [0.05, 0.1) is 12.1 Å². The lowest BCUT2D eigenvalue weighted by atomic mass is 9.85. The van der Waals surface area contributed by atoms with E-state index >= 15 is 0 Å². The summed E-state index contributed by atoms with van der Waals surface area (Å²) in [5.41, 5.74) is 0. The molecule has 0 aromatic carbocycles. The third kappa shape index (κ3) is 4.93. The second-order valence-electron chi connectivity index (χ2n) is 5.83. The minimum atomic E-state index is 0. The summed E-state index contributed by atoms with van der Waals surface area (Å²) in [7, 11) is 0. The summed E-state index contributed by atoms with van der Waals surface area (Å²) in [4.78, 5) is 12.0. The molecule has 2 N–H and O–H groups in total. The van der Waals surface area contributed by atoms with Gasteiger partial charge in [0, 0.05) is 13.0 Å². The Labute approximate surface area is 122 Å². The molecule has 0 aliphatic carbocycles. The van der Waals surface area contributed by atoms with E-state index in [9.17, 15) is 4.79 Å². The van der Waals surface area contributed by atoms with Crippen LogP contribution in [0.3, 0.4) is 0 Å². The molecule has 0 radical (unpaired) electrons. The highest BCUT2D eigenvalue weighted by atomic mass is 35.5. The van der Waals surface area contributed by atoms with Crippen LogP contribution in [0.4, 0.5) is 0 Å². The molecular weight excluding hydrogens is 264 g/mol. The fraction of sp³-hybridized carbons (Fsp3) is 0.929. The second kappa shape index (κ2) is 8.08. The molecular formula is C14H27ClN2O2. The van der Waals surface area contributed by atoms with E-state index in [2.05, 4.69) is 17.6 Å². The van der Waals surface area contributed by atoms with Gasteiger partial charge in [-0.15, -0.1) is 12.4 Å². The first-order valence-corrected chi connectivity index (χ1v) is 7.28. The second-order valence-corrected chi connectivity index (χ2v) is 5.83. The summed E-state index contributed by atoms with van der Waals surface area (Å²) in [6.45, 7) is 7.20. The van der Waals surface area contributed by atoms with Gasteiger partial charge in [-0.2, -0.15) is 0 Å². The smallest absolute Gasteiger partial charge is 0.220 e. The molecule has 112 valence electrons. The van der Waals surface area contributed by atoms with Crippen molar-refractivity contribution in [1.82, 2.24) is 10.6 Å². The molecule has 0 bridgehead atoms. The van der Waals surface area contributed by atoms with Gasteiger partial charge >= 0.3 is 0 Å². The van der Waals surface area contributed by atoms with Crippen LogP contribution in [0.1, 0.15) is 39.5 Å². The van der Waals surface area contributed by atoms with Gasteiger partial charge in [0.1, 0.15) is 0 Å². The predicted molar refractivity (Wildman–Crippen MR) is 78.6 cm³/mol. The molecule has 4 atom stereocenters. The SMILES string of the molecule is CC(CC(=O)NC1CCOC1C)C1CCCNC1.Cl. The number of ether oxygens (including phenoxy) is 1. The number of amides is 1. The zero-order chi connectivity index (χ0) is 13.0. The van der Waals surface area contributed by atoms with E-state index in [1.807, 2.05) is 6.92 Å². The minimum absolute atomic E-state index is 0. The van der Waals surface area contributed by atoms with Gasteiger partial charge < -0.3 is 15.4 Å². The van der Waals surface area contributed by atoms with Gasteiger partial charge in [0.15, 0.2) is 0 Å². The predicted octanol–water partition coefficient (Wildman–Crippen LogP) is 1.73. The molecule has 0 spiro atoms. The molecule has 4 nitrogen and oxygen atoms in total. The lowest BCUT2D eigenvalue weighted by Crippen LogP contribution is -2.41. The number of piperidine rings is 1. The summed E-state index contributed by atoms with van der Waals surface area (Å²) in [6.07, 6.45) is 4.26. The summed E-state index contributed by atoms with van der Waals surface area (Å²) in [5.74, 6) is 1.31. The van der Waals surface area contributed by atoms with Gasteiger partial charge in [0.2, 0.25) is 5.91 Å². The zero-order valence-corrected chi connectivity index (χ0v) is 12.8. The summed E-state index contributed by atoms with van der Waals surface area (Å²) < 4.78 is 5.46. The number of carbonyl (C=O) groups excluding carboxylic acids is 1. The van der Waals surface area contributed by atoms with Gasteiger partial charge in [0.25, 0.3) is 0 Å². The van der Waals surface area contributed by atoms with E-state index < -0.39 is 0 Å². The van der Waals surface area contributed by atoms with E-state index in [1.165, 1.54) is 12.8 Å². The number of hydrogen-bond acceptors (Lipinski definition) is 3. The molecule has 1 amide bonds. The molecule has 2 aliphatic rings. The highest BCUT2D eigenvalue weighted by Crippen LogP contribution is 2.22. The van der Waals surface area contributed by atoms with Crippen LogP contribution in [0, 0.1) is 11.8 Å². The first-order chi connectivity index (χ1) is 8.66. The van der Waals surface area contributed by atoms with Crippen molar-refractivity contribution < 1.29 is 9.53 Å². The number of halogens is 1. The lowest BCUT2D eigenvalue weighted by Gasteiger charge is -2.28. The van der Waals surface area contributed by atoms with Crippen LogP contribution in [0.2, 0.25) is 0 Å². The Balaban J connectivity index is 0.00000180. The van der Waals surface area contributed by atoms with Crippen LogP contribution in [-0.4, -0.2) is 37.7 Å². The highest BCUT2D eigenvalue weighted by Gasteiger charge is 2.27. The van der Waals surface area contributed by atoms with Crippen LogP contribution in [0.25, 0.3) is 0 Å². The minimum Gasteiger partial charge on any atom is -0.376 e. The zero-order valence-electron chi connectivity index (χ0n) is 12.0. The number of nitrogens with one attached hydrogen (secondary N) is 2. The Bertz CT molecular complexity index is 283. The lowest BCUT2D eigenvalue weighted by molar-refractivity contribution is -0.123. The largest absolute Gasteiger partial charge is 0.376 e. The van der Waals surface area contributed by atoms with E-state index in [1.54, 1.807) is 0 Å². The maximum absolute atomic E-state index is 12.0. The molecule has 0 aromatic heterocycles. The molecule has 5 heteroatoms. The van der Waals surface area contributed by atoms with Gasteiger partial charge in [-0.3, -0.25) is 4.79 Å². The summed E-state index contributed by atoms with van der Waals surface area (Å²) >= 11 is 0. The van der Waals surface area contributed by atoms with Gasteiger partial charge in [-0.05, 0) is 51.1 Å². The highest BCUT2D eigenvalue weighted by molar-refractivity contribution is 5.85.